The molecule has 6 nitrogen and oxygen atoms in total. The molecule has 0 radical (unpaired) electrons. The van der Waals surface area contributed by atoms with Gasteiger partial charge in [0.2, 0.25) is 0 Å². The summed E-state index contributed by atoms with van der Waals surface area (Å²) >= 11 is 0. The van der Waals surface area contributed by atoms with Crippen LogP contribution in [0.4, 0.5) is 11.4 Å². The number of aryl methyl sites for hydroxylation is 1. The molecule has 1 aliphatic rings. The Labute approximate surface area is 133 Å². The Hall–Kier alpha value is -2.89. The molecule has 6 heteroatoms. The van der Waals surface area contributed by atoms with E-state index < -0.39 is 4.92 Å². The van der Waals surface area contributed by atoms with Crippen molar-refractivity contribution in [1.82, 2.24) is 0 Å². The summed E-state index contributed by atoms with van der Waals surface area (Å²) in [7, 11) is 0. The third-order valence-corrected chi connectivity index (χ3v) is 3.85. The average molecular weight is 312 g/mol. The molecule has 0 fully saturated rings. The number of ether oxygens (including phenoxy) is 1. The average Bonchev–Trinajstić information content (AvgIpc) is 2.96. The summed E-state index contributed by atoms with van der Waals surface area (Å²) in [5, 5.41) is 11.0. The molecule has 1 heterocycles. The highest BCUT2D eigenvalue weighted by molar-refractivity contribution is 5.96. The maximum Gasteiger partial charge on any atom is 0.310 e. The van der Waals surface area contributed by atoms with E-state index in [9.17, 15) is 14.9 Å². The number of hydrogen-bond acceptors (Lipinski definition) is 4. The molecule has 0 aliphatic carbocycles. The van der Waals surface area contributed by atoms with Crippen molar-refractivity contribution in [2.45, 2.75) is 13.3 Å². The number of carbonyl (C=O) groups is 1. The van der Waals surface area contributed by atoms with Crippen LogP contribution in [0.1, 0.15) is 11.1 Å². The number of hydrogen-bond donors (Lipinski definition) is 0. The van der Waals surface area contributed by atoms with Gasteiger partial charge in [-0.1, -0.05) is 24.3 Å². The first kappa shape index (κ1) is 15.0. The third kappa shape index (κ3) is 3.01. The van der Waals surface area contributed by atoms with Gasteiger partial charge in [0, 0.05) is 18.3 Å². The van der Waals surface area contributed by atoms with Crippen molar-refractivity contribution in [3.05, 3.63) is 63.7 Å². The first-order chi connectivity index (χ1) is 11.1. The molecular weight excluding hydrogens is 296 g/mol. The van der Waals surface area contributed by atoms with Crippen LogP contribution >= 0.6 is 0 Å². The van der Waals surface area contributed by atoms with Crippen molar-refractivity contribution in [2.24, 2.45) is 0 Å². The van der Waals surface area contributed by atoms with Gasteiger partial charge in [0.1, 0.15) is 0 Å². The fourth-order valence-corrected chi connectivity index (χ4v) is 2.70. The van der Waals surface area contributed by atoms with E-state index in [4.69, 9.17) is 4.74 Å². The number of rotatable bonds is 4. The number of amides is 1. The Morgan fingerprint density at radius 1 is 1.30 bits per heavy atom. The van der Waals surface area contributed by atoms with E-state index in [0.29, 0.717) is 6.54 Å². The zero-order valence-electron chi connectivity index (χ0n) is 12.7. The number of nitrogens with zero attached hydrogens (tertiary/aromatic N) is 2. The molecule has 0 saturated heterocycles. The lowest BCUT2D eigenvalue weighted by atomic mass is 10.2. The van der Waals surface area contributed by atoms with E-state index >= 15 is 0 Å². The van der Waals surface area contributed by atoms with Gasteiger partial charge in [0.25, 0.3) is 5.91 Å². The van der Waals surface area contributed by atoms with Crippen molar-refractivity contribution in [3.63, 3.8) is 0 Å². The van der Waals surface area contributed by atoms with Gasteiger partial charge in [-0.2, -0.15) is 0 Å². The summed E-state index contributed by atoms with van der Waals surface area (Å²) in [5.41, 5.74) is 2.72. The van der Waals surface area contributed by atoms with Crippen LogP contribution in [-0.2, 0) is 11.2 Å². The maximum absolute atomic E-state index is 12.4. The van der Waals surface area contributed by atoms with E-state index in [1.54, 1.807) is 17.0 Å². The molecule has 2 aromatic carbocycles. The third-order valence-electron chi connectivity index (χ3n) is 3.85. The topological polar surface area (TPSA) is 72.7 Å². The van der Waals surface area contributed by atoms with Crippen LogP contribution in [0.25, 0.3) is 0 Å². The van der Waals surface area contributed by atoms with E-state index in [-0.39, 0.29) is 24.0 Å². The van der Waals surface area contributed by atoms with Crippen molar-refractivity contribution >= 4 is 17.3 Å². The molecule has 0 spiro atoms. The molecule has 1 aliphatic heterocycles. The van der Waals surface area contributed by atoms with Crippen molar-refractivity contribution in [1.29, 1.82) is 0 Å². The van der Waals surface area contributed by atoms with Crippen LogP contribution in [0, 0.1) is 17.0 Å². The first-order valence-corrected chi connectivity index (χ1v) is 7.32. The standard InChI is InChI=1S/C17H16N2O4/c1-12-6-7-15(19(21)22)16(10-12)23-11-17(20)18-9-8-13-4-2-3-5-14(13)18/h2-7,10H,8-9,11H2,1H3. The Bertz CT molecular complexity index is 773. The maximum atomic E-state index is 12.4. The summed E-state index contributed by atoms with van der Waals surface area (Å²) in [6.45, 7) is 2.20. The van der Waals surface area contributed by atoms with Gasteiger partial charge < -0.3 is 9.64 Å². The lowest BCUT2D eigenvalue weighted by Crippen LogP contribution is -2.33. The first-order valence-electron chi connectivity index (χ1n) is 7.32. The smallest absolute Gasteiger partial charge is 0.310 e. The van der Waals surface area contributed by atoms with Crippen molar-refractivity contribution in [2.75, 3.05) is 18.1 Å². The highest BCUT2D eigenvalue weighted by atomic mass is 16.6. The zero-order valence-corrected chi connectivity index (χ0v) is 12.7. The SMILES string of the molecule is Cc1ccc([N+](=O)[O-])c(OCC(=O)N2CCc3ccccc32)c1. The zero-order chi connectivity index (χ0) is 16.4. The van der Waals surface area contributed by atoms with Gasteiger partial charge in [-0.05, 0) is 36.6 Å². The number of carbonyl (C=O) groups excluding carboxylic acids is 1. The molecule has 0 aromatic heterocycles. The lowest BCUT2D eigenvalue weighted by Gasteiger charge is -2.17. The van der Waals surface area contributed by atoms with E-state index in [1.807, 2.05) is 31.2 Å². The monoisotopic (exact) mass is 312 g/mol. The Kier molecular flexibility index (Phi) is 3.97. The van der Waals surface area contributed by atoms with Crippen LogP contribution in [0.15, 0.2) is 42.5 Å². The van der Waals surface area contributed by atoms with E-state index in [2.05, 4.69) is 0 Å². The summed E-state index contributed by atoms with van der Waals surface area (Å²) in [6, 6.07) is 12.3. The molecular formula is C17H16N2O4. The molecule has 1 amide bonds. The number of anilines is 1. The predicted molar refractivity (Wildman–Crippen MR) is 85.8 cm³/mol. The molecule has 0 saturated carbocycles. The Morgan fingerprint density at radius 2 is 2.09 bits per heavy atom. The second-order valence-corrected chi connectivity index (χ2v) is 5.44. The van der Waals surface area contributed by atoms with Crippen molar-refractivity contribution in [3.8, 4) is 5.75 Å². The molecule has 2 aromatic rings. The molecule has 23 heavy (non-hydrogen) atoms. The highest BCUT2D eigenvalue weighted by Gasteiger charge is 2.25. The number of fused-ring (bicyclic) bond motifs is 1. The van der Waals surface area contributed by atoms with Crippen LogP contribution in [0.5, 0.6) is 5.75 Å². The summed E-state index contributed by atoms with van der Waals surface area (Å²) < 4.78 is 5.44. The van der Waals surface area contributed by atoms with Crippen LogP contribution < -0.4 is 9.64 Å². The van der Waals surface area contributed by atoms with Gasteiger partial charge in [-0.3, -0.25) is 14.9 Å². The lowest BCUT2D eigenvalue weighted by molar-refractivity contribution is -0.385. The van der Waals surface area contributed by atoms with Gasteiger partial charge >= 0.3 is 5.69 Å². The van der Waals surface area contributed by atoms with Crippen molar-refractivity contribution < 1.29 is 14.5 Å². The minimum absolute atomic E-state index is 0.121. The Morgan fingerprint density at radius 3 is 2.87 bits per heavy atom. The summed E-state index contributed by atoms with van der Waals surface area (Å²) in [5.74, 6) is -0.0819. The second kappa shape index (κ2) is 6.08. The highest BCUT2D eigenvalue weighted by Crippen LogP contribution is 2.29. The van der Waals surface area contributed by atoms with Crippen LogP contribution in [0.2, 0.25) is 0 Å². The molecule has 118 valence electrons. The largest absolute Gasteiger partial charge is 0.477 e. The minimum atomic E-state index is -0.510. The number of para-hydroxylation sites is 1. The normalized spacial score (nSPS) is 12.8. The molecule has 0 unspecified atom stereocenters. The fourth-order valence-electron chi connectivity index (χ4n) is 2.70. The number of benzene rings is 2. The van der Waals surface area contributed by atoms with Gasteiger partial charge in [0.05, 0.1) is 4.92 Å². The quantitative estimate of drug-likeness (QED) is 0.643. The summed E-state index contributed by atoms with van der Waals surface area (Å²) in [6.07, 6.45) is 0.812. The summed E-state index contributed by atoms with van der Waals surface area (Å²) in [4.78, 5) is 24.6. The molecule has 0 atom stereocenters. The van der Waals surface area contributed by atoms with Gasteiger partial charge in [0.15, 0.2) is 12.4 Å². The molecule has 0 N–H and O–H groups in total. The minimum Gasteiger partial charge on any atom is -0.477 e. The van der Waals surface area contributed by atoms with E-state index in [0.717, 1.165) is 23.2 Å². The van der Waals surface area contributed by atoms with Crippen LogP contribution in [0.3, 0.4) is 0 Å². The fraction of sp³-hybridized carbons (Fsp3) is 0.235. The Balaban J connectivity index is 1.73. The van der Waals surface area contributed by atoms with Gasteiger partial charge in [-0.25, -0.2) is 0 Å². The second-order valence-electron chi connectivity index (χ2n) is 5.44. The van der Waals surface area contributed by atoms with Crippen LogP contribution in [-0.4, -0.2) is 24.0 Å². The predicted octanol–water partition coefficient (Wildman–Crippen LogP) is 2.87. The molecule has 3 rings (SSSR count). The molecule has 0 bridgehead atoms. The number of nitro benzene ring substituents is 1. The van der Waals surface area contributed by atoms with E-state index in [1.165, 1.54) is 6.07 Å². The number of nitro groups is 1. The van der Waals surface area contributed by atoms with Gasteiger partial charge in [-0.15, -0.1) is 0 Å².